The number of aromatic nitrogens is 1. The predicted octanol–water partition coefficient (Wildman–Crippen LogP) is 15.8. The number of nitrogens with zero attached hydrogens (tertiary/aromatic N) is 2. The van der Waals surface area contributed by atoms with Crippen molar-refractivity contribution in [3.63, 3.8) is 0 Å². The Balaban J connectivity index is 0.00000408. The normalized spacial score (nSPS) is 11.3. The SMILES string of the molecule is C.c1ccc(-c2ccc(N(c3ccc(-c4ccccc4)cc3)c3cccc4oc5ccc(-c6ccc7c(c6)c6ccccc6n7-c6ccccc6)cc5c34)cc2)cc1. The second-order valence-corrected chi connectivity index (χ2v) is 14.5. The van der Waals surface area contributed by atoms with Crippen LogP contribution in [0.1, 0.15) is 7.43 Å². The monoisotopic (exact) mass is 744 g/mol. The molecule has 0 saturated carbocycles. The maximum Gasteiger partial charge on any atom is 0.137 e. The smallest absolute Gasteiger partial charge is 0.137 e. The summed E-state index contributed by atoms with van der Waals surface area (Å²) in [6, 6.07) is 78.0. The first-order valence-electron chi connectivity index (χ1n) is 19.4. The van der Waals surface area contributed by atoms with E-state index >= 15 is 0 Å². The zero-order valence-electron chi connectivity index (χ0n) is 31.1. The zero-order chi connectivity index (χ0) is 37.7. The molecule has 3 nitrogen and oxygen atoms in total. The highest BCUT2D eigenvalue weighted by atomic mass is 16.3. The van der Waals surface area contributed by atoms with Gasteiger partial charge in [-0.25, -0.2) is 0 Å². The number of furan rings is 1. The van der Waals surface area contributed by atoms with E-state index < -0.39 is 0 Å². The molecule has 0 bridgehead atoms. The molecule has 58 heavy (non-hydrogen) atoms. The van der Waals surface area contributed by atoms with Gasteiger partial charge in [-0.1, -0.05) is 147 Å². The van der Waals surface area contributed by atoms with Gasteiger partial charge < -0.3 is 13.9 Å². The van der Waals surface area contributed by atoms with Crippen molar-refractivity contribution in [3.05, 3.63) is 218 Å². The van der Waals surface area contributed by atoms with E-state index in [4.69, 9.17) is 4.42 Å². The molecule has 276 valence electrons. The molecule has 9 aromatic carbocycles. The predicted molar refractivity (Wildman–Crippen MR) is 246 cm³/mol. The van der Waals surface area contributed by atoms with E-state index in [9.17, 15) is 0 Å². The average Bonchev–Trinajstić information content (AvgIpc) is 3.83. The summed E-state index contributed by atoms with van der Waals surface area (Å²) < 4.78 is 8.97. The zero-order valence-corrected chi connectivity index (χ0v) is 31.1. The molecular formula is C55H40N2O. The number of anilines is 3. The molecule has 11 aromatic rings. The first kappa shape index (κ1) is 34.8. The minimum absolute atomic E-state index is 0. The van der Waals surface area contributed by atoms with Gasteiger partial charge in [0.2, 0.25) is 0 Å². The second-order valence-electron chi connectivity index (χ2n) is 14.5. The highest BCUT2D eigenvalue weighted by Crippen LogP contribution is 2.45. The first-order chi connectivity index (χ1) is 28.3. The fraction of sp³-hybridized carbons (Fsp3) is 0.0182. The molecule has 2 heterocycles. The molecule has 0 aliphatic heterocycles. The number of rotatable bonds is 7. The Hall–Kier alpha value is -7.62. The summed E-state index contributed by atoms with van der Waals surface area (Å²) >= 11 is 0. The van der Waals surface area contributed by atoms with Crippen LogP contribution < -0.4 is 4.90 Å². The summed E-state index contributed by atoms with van der Waals surface area (Å²) in [5.41, 5.74) is 15.5. The van der Waals surface area contributed by atoms with Gasteiger partial charge in [-0.05, 0) is 112 Å². The minimum atomic E-state index is 0. The van der Waals surface area contributed by atoms with Crippen LogP contribution >= 0.6 is 0 Å². The van der Waals surface area contributed by atoms with Gasteiger partial charge in [-0.15, -0.1) is 0 Å². The van der Waals surface area contributed by atoms with Crippen molar-refractivity contribution in [2.75, 3.05) is 4.90 Å². The van der Waals surface area contributed by atoms with Crippen LogP contribution in [0.15, 0.2) is 223 Å². The van der Waals surface area contributed by atoms with E-state index in [1.165, 1.54) is 44.1 Å². The van der Waals surface area contributed by atoms with E-state index in [1.807, 2.05) is 0 Å². The fourth-order valence-electron chi connectivity index (χ4n) is 8.48. The first-order valence-corrected chi connectivity index (χ1v) is 19.4. The van der Waals surface area contributed by atoms with Crippen molar-refractivity contribution in [1.82, 2.24) is 4.57 Å². The van der Waals surface area contributed by atoms with E-state index in [1.54, 1.807) is 0 Å². The van der Waals surface area contributed by atoms with Gasteiger partial charge in [0.25, 0.3) is 0 Å². The fourth-order valence-corrected chi connectivity index (χ4v) is 8.48. The number of benzene rings is 9. The van der Waals surface area contributed by atoms with Crippen LogP contribution in [0.25, 0.3) is 82.8 Å². The second kappa shape index (κ2) is 14.5. The summed E-state index contributed by atoms with van der Waals surface area (Å²) in [6.07, 6.45) is 0. The third-order valence-electron chi connectivity index (χ3n) is 11.2. The van der Waals surface area contributed by atoms with Crippen LogP contribution in [0, 0.1) is 0 Å². The maximum absolute atomic E-state index is 6.61. The third-order valence-corrected chi connectivity index (χ3v) is 11.2. The summed E-state index contributed by atoms with van der Waals surface area (Å²) in [5, 5.41) is 4.63. The van der Waals surface area contributed by atoms with Gasteiger partial charge in [-0.2, -0.15) is 0 Å². The Morgan fingerprint density at radius 2 is 0.845 bits per heavy atom. The summed E-state index contributed by atoms with van der Waals surface area (Å²) in [7, 11) is 0. The van der Waals surface area contributed by atoms with Gasteiger partial charge in [0.15, 0.2) is 0 Å². The van der Waals surface area contributed by atoms with Crippen molar-refractivity contribution in [1.29, 1.82) is 0 Å². The lowest BCUT2D eigenvalue weighted by molar-refractivity contribution is 0.669. The summed E-state index contributed by atoms with van der Waals surface area (Å²) in [5.74, 6) is 0. The Morgan fingerprint density at radius 3 is 1.48 bits per heavy atom. The van der Waals surface area contributed by atoms with Gasteiger partial charge in [0, 0.05) is 33.2 Å². The molecule has 11 rings (SSSR count). The van der Waals surface area contributed by atoms with E-state index in [2.05, 4.69) is 228 Å². The Morgan fingerprint density at radius 1 is 0.345 bits per heavy atom. The van der Waals surface area contributed by atoms with Crippen LogP contribution in [0.3, 0.4) is 0 Å². The van der Waals surface area contributed by atoms with Crippen molar-refractivity contribution < 1.29 is 4.42 Å². The molecule has 0 aliphatic carbocycles. The highest BCUT2D eigenvalue weighted by molar-refractivity contribution is 6.15. The molecule has 0 fully saturated rings. The molecule has 0 N–H and O–H groups in total. The molecule has 0 spiro atoms. The standard InChI is InChI=1S/C54H36N2O.CH4/c1-4-13-37(14-5-1)39-23-29-44(30-24-39)55(45-31-25-40(26-32-45)38-15-6-2-7-16-38)51-21-12-22-53-54(51)48-36-42(28-34-52(48)57-53)41-27-33-50-47(35-41)46-19-10-11-20-49(46)56(50)43-17-8-3-9-18-43;/h1-36H;1H4. The van der Waals surface area contributed by atoms with E-state index in [0.29, 0.717) is 0 Å². The van der Waals surface area contributed by atoms with Crippen molar-refractivity contribution >= 4 is 60.8 Å². The summed E-state index contributed by atoms with van der Waals surface area (Å²) in [6.45, 7) is 0. The number of hydrogen-bond acceptors (Lipinski definition) is 2. The molecule has 0 radical (unpaired) electrons. The maximum atomic E-state index is 6.61. The van der Waals surface area contributed by atoms with Crippen LogP contribution in [0.2, 0.25) is 0 Å². The Labute approximate surface area is 338 Å². The highest BCUT2D eigenvalue weighted by Gasteiger charge is 2.21. The van der Waals surface area contributed by atoms with Gasteiger partial charge in [-0.3, -0.25) is 0 Å². The van der Waals surface area contributed by atoms with Gasteiger partial charge in [0.1, 0.15) is 11.2 Å². The number of fused-ring (bicyclic) bond motifs is 6. The average molecular weight is 745 g/mol. The van der Waals surface area contributed by atoms with Crippen LogP contribution in [0.5, 0.6) is 0 Å². The minimum Gasteiger partial charge on any atom is -0.456 e. The van der Waals surface area contributed by atoms with Gasteiger partial charge in [0.05, 0.1) is 22.1 Å². The van der Waals surface area contributed by atoms with Gasteiger partial charge >= 0.3 is 0 Å². The van der Waals surface area contributed by atoms with Crippen LogP contribution in [-0.4, -0.2) is 4.57 Å². The Bertz CT molecular complexity index is 3120. The quantitative estimate of drug-likeness (QED) is 0.162. The molecule has 2 aromatic heterocycles. The third kappa shape index (κ3) is 5.93. The topological polar surface area (TPSA) is 21.3 Å². The van der Waals surface area contributed by atoms with Crippen LogP contribution in [-0.2, 0) is 0 Å². The number of hydrogen-bond donors (Lipinski definition) is 0. The lowest BCUT2D eigenvalue weighted by atomic mass is 9.99. The lowest BCUT2D eigenvalue weighted by Gasteiger charge is -2.26. The number of para-hydroxylation sites is 2. The van der Waals surface area contributed by atoms with Crippen molar-refractivity contribution in [2.24, 2.45) is 0 Å². The Kier molecular flexibility index (Phi) is 8.69. The molecule has 0 aliphatic rings. The molecule has 0 atom stereocenters. The van der Waals surface area contributed by atoms with Crippen molar-refractivity contribution in [2.45, 2.75) is 7.43 Å². The van der Waals surface area contributed by atoms with E-state index in [-0.39, 0.29) is 7.43 Å². The van der Waals surface area contributed by atoms with E-state index in [0.717, 1.165) is 55.8 Å². The molecule has 3 heteroatoms. The molecule has 0 unspecified atom stereocenters. The van der Waals surface area contributed by atoms with Crippen molar-refractivity contribution in [3.8, 4) is 39.1 Å². The lowest BCUT2D eigenvalue weighted by Crippen LogP contribution is -2.10. The largest absolute Gasteiger partial charge is 0.456 e. The molecule has 0 saturated heterocycles. The van der Waals surface area contributed by atoms with Crippen LogP contribution in [0.4, 0.5) is 17.1 Å². The molecule has 0 amide bonds. The molecular weight excluding hydrogens is 705 g/mol. The summed E-state index contributed by atoms with van der Waals surface area (Å²) in [4.78, 5) is 2.36.